The van der Waals surface area contributed by atoms with Crippen LogP contribution in [0, 0.1) is 17.5 Å². The van der Waals surface area contributed by atoms with Crippen LogP contribution in [0.25, 0.3) is 0 Å². The minimum atomic E-state index is -1.33. The van der Waals surface area contributed by atoms with E-state index in [1.165, 1.54) is 0 Å². The molecule has 0 radical (unpaired) electrons. The van der Waals surface area contributed by atoms with Gasteiger partial charge in [0.05, 0.1) is 0 Å². The minimum absolute atomic E-state index is 0.876. The fourth-order valence-corrected chi connectivity index (χ4v) is 0.874. The molecule has 0 aliphatic rings. The summed E-state index contributed by atoms with van der Waals surface area (Å²) in [5.74, 6) is -3.99. The molecule has 0 spiro atoms. The van der Waals surface area contributed by atoms with Crippen molar-refractivity contribution in [1.82, 2.24) is 0 Å². The molecule has 0 atom stereocenters. The number of hydrogen-bond donors (Lipinski definition) is 2. The summed E-state index contributed by atoms with van der Waals surface area (Å²) in [5, 5.41) is -0.897. The Labute approximate surface area is 70.9 Å². The van der Waals surface area contributed by atoms with E-state index in [9.17, 15) is 13.2 Å². The summed E-state index contributed by atoms with van der Waals surface area (Å²) in [6, 6.07) is 0. The second kappa shape index (κ2) is 2.75. The van der Waals surface area contributed by atoms with Gasteiger partial charge in [-0.3, -0.25) is 0 Å². The van der Waals surface area contributed by atoms with Crippen LogP contribution in [0.4, 0.5) is 24.5 Å². The van der Waals surface area contributed by atoms with Crippen molar-refractivity contribution >= 4 is 23.0 Å². The van der Waals surface area contributed by atoms with Gasteiger partial charge in [-0.2, -0.15) is 0 Å². The van der Waals surface area contributed by atoms with Gasteiger partial charge < -0.3 is 11.5 Å². The zero-order valence-electron chi connectivity index (χ0n) is 5.67. The van der Waals surface area contributed by atoms with Crippen molar-refractivity contribution in [3.8, 4) is 0 Å². The molecular formula is C6H4ClF3N2. The van der Waals surface area contributed by atoms with Crippen LogP contribution in [-0.4, -0.2) is 0 Å². The third kappa shape index (κ3) is 1.06. The van der Waals surface area contributed by atoms with Crippen LogP contribution in [-0.2, 0) is 0 Å². The molecule has 0 saturated heterocycles. The van der Waals surface area contributed by atoms with Gasteiger partial charge >= 0.3 is 0 Å². The Morgan fingerprint density at radius 2 is 1.17 bits per heavy atom. The summed E-state index contributed by atoms with van der Waals surface area (Å²) in [7, 11) is 0. The van der Waals surface area contributed by atoms with E-state index in [1.54, 1.807) is 0 Å². The lowest BCUT2D eigenvalue weighted by Crippen LogP contribution is -2.04. The SMILES string of the molecule is Nc1c(F)c(N)c(F)c(Cl)c1F. The number of halogens is 4. The zero-order valence-corrected chi connectivity index (χ0v) is 6.42. The van der Waals surface area contributed by atoms with Gasteiger partial charge in [-0.15, -0.1) is 0 Å². The van der Waals surface area contributed by atoms with Gasteiger partial charge in [-0.25, -0.2) is 13.2 Å². The lowest BCUT2D eigenvalue weighted by Gasteiger charge is -2.05. The van der Waals surface area contributed by atoms with Crippen molar-refractivity contribution in [3.63, 3.8) is 0 Å². The number of nitrogens with two attached hydrogens (primary N) is 2. The Morgan fingerprint density at radius 1 is 0.833 bits per heavy atom. The molecule has 0 aliphatic carbocycles. The maximum absolute atomic E-state index is 12.6. The minimum Gasteiger partial charge on any atom is -0.394 e. The average molecular weight is 197 g/mol. The number of nitrogen functional groups attached to an aromatic ring is 2. The molecular weight excluding hydrogens is 193 g/mol. The van der Waals surface area contributed by atoms with E-state index in [0.717, 1.165) is 0 Å². The van der Waals surface area contributed by atoms with Gasteiger partial charge in [-0.1, -0.05) is 11.6 Å². The maximum Gasteiger partial charge on any atom is 0.175 e. The van der Waals surface area contributed by atoms with Crippen LogP contribution in [0.5, 0.6) is 0 Å². The molecule has 12 heavy (non-hydrogen) atoms. The first-order chi connectivity index (χ1) is 5.46. The lowest BCUT2D eigenvalue weighted by atomic mass is 10.2. The van der Waals surface area contributed by atoms with Gasteiger partial charge in [0.1, 0.15) is 16.4 Å². The first-order valence-corrected chi connectivity index (χ1v) is 3.21. The van der Waals surface area contributed by atoms with Crippen molar-refractivity contribution < 1.29 is 13.2 Å². The first-order valence-electron chi connectivity index (χ1n) is 2.83. The Bertz CT molecular complexity index is 235. The van der Waals surface area contributed by atoms with Crippen LogP contribution in [0.15, 0.2) is 0 Å². The predicted octanol–water partition coefficient (Wildman–Crippen LogP) is 1.92. The van der Waals surface area contributed by atoms with Gasteiger partial charge in [0.15, 0.2) is 17.5 Å². The summed E-state index contributed by atoms with van der Waals surface area (Å²) in [6.07, 6.45) is 0. The Hall–Kier alpha value is -1.10. The van der Waals surface area contributed by atoms with E-state index in [0.29, 0.717) is 0 Å². The van der Waals surface area contributed by atoms with Crippen molar-refractivity contribution in [1.29, 1.82) is 0 Å². The fourth-order valence-electron chi connectivity index (χ4n) is 0.671. The molecule has 0 unspecified atom stereocenters. The van der Waals surface area contributed by atoms with E-state index in [4.69, 9.17) is 23.1 Å². The molecule has 1 aromatic rings. The van der Waals surface area contributed by atoms with Crippen molar-refractivity contribution in [2.75, 3.05) is 11.5 Å². The van der Waals surface area contributed by atoms with Gasteiger partial charge in [-0.05, 0) is 0 Å². The van der Waals surface area contributed by atoms with Gasteiger partial charge in [0, 0.05) is 0 Å². The summed E-state index contributed by atoms with van der Waals surface area (Å²) in [6.45, 7) is 0. The summed E-state index contributed by atoms with van der Waals surface area (Å²) >= 11 is 5.08. The van der Waals surface area contributed by atoms with E-state index in [-0.39, 0.29) is 0 Å². The first kappa shape index (κ1) is 8.99. The van der Waals surface area contributed by atoms with E-state index in [1.807, 2.05) is 0 Å². The molecule has 0 bridgehead atoms. The van der Waals surface area contributed by atoms with Gasteiger partial charge in [0.25, 0.3) is 0 Å². The number of benzene rings is 1. The Morgan fingerprint density at radius 3 is 1.50 bits per heavy atom. The largest absolute Gasteiger partial charge is 0.394 e. The molecule has 0 amide bonds. The predicted molar refractivity (Wildman–Crippen MR) is 40.2 cm³/mol. The zero-order chi connectivity index (χ0) is 9.46. The highest BCUT2D eigenvalue weighted by Crippen LogP contribution is 2.31. The molecule has 4 N–H and O–H groups in total. The monoisotopic (exact) mass is 196 g/mol. The Balaban J connectivity index is 3.60. The van der Waals surface area contributed by atoms with E-state index >= 15 is 0 Å². The van der Waals surface area contributed by atoms with E-state index in [2.05, 4.69) is 0 Å². The molecule has 1 aromatic carbocycles. The van der Waals surface area contributed by atoms with Crippen LogP contribution >= 0.6 is 11.6 Å². The van der Waals surface area contributed by atoms with Crippen molar-refractivity contribution in [2.45, 2.75) is 0 Å². The highest BCUT2D eigenvalue weighted by atomic mass is 35.5. The number of hydrogen-bond acceptors (Lipinski definition) is 2. The normalized spacial score (nSPS) is 10.3. The average Bonchev–Trinajstić information content (AvgIpc) is 2.08. The highest BCUT2D eigenvalue weighted by molar-refractivity contribution is 6.31. The second-order valence-corrected chi connectivity index (χ2v) is 2.46. The summed E-state index contributed by atoms with van der Waals surface area (Å²) < 4.78 is 37.9. The molecule has 0 aliphatic heterocycles. The van der Waals surface area contributed by atoms with Crippen LogP contribution in [0.1, 0.15) is 0 Å². The molecule has 66 valence electrons. The lowest BCUT2D eigenvalue weighted by molar-refractivity contribution is 0.556. The third-order valence-electron chi connectivity index (χ3n) is 1.33. The smallest absolute Gasteiger partial charge is 0.175 e. The fraction of sp³-hybridized carbons (Fsp3) is 0. The third-order valence-corrected chi connectivity index (χ3v) is 1.66. The summed E-state index contributed by atoms with van der Waals surface area (Å²) in [5.41, 5.74) is 7.99. The standard InChI is InChI=1S/C6H4ClF3N2/c7-1-2(8)5(11)4(10)6(12)3(1)9/h11-12H2. The quantitative estimate of drug-likeness (QED) is 0.378. The van der Waals surface area contributed by atoms with Gasteiger partial charge in [0.2, 0.25) is 0 Å². The molecule has 0 fully saturated rings. The molecule has 1 rings (SSSR count). The van der Waals surface area contributed by atoms with Crippen LogP contribution in [0.3, 0.4) is 0 Å². The highest BCUT2D eigenvalue weighted by Gasteiger charge is 2.19. The second-order valence-electron chi connectivity index (χ2n) is 2.08. The van der Waals surface area contributed by atoms with Crippen molar-refractivity contribution in [2.24, 2.45) is 0 Å². The Kier molecular flexibility index (Phi) is 2.06. The number of rotatable bonds is 0. The molecule has 0 aromatic heterocycles. The van der Waals surface area contributed by atoms with Crippen molar-refractivity contribution in [3.05, 3.63) is 22.5 Å². The topological polar surface area (TPSA) is 52.0 Å². The molecule has 0 saturated carbocycles. The molecule has 2 nitrogen and oxygen atoms in total. The molecule has 6 heteroatoms. The summed E-state index contributed by atoms with van der Waals surface area (Å²) in [4.78, 5) is 0. The van der Waals surface area contributed by atoms with E-state index < -0.39 is 33.8 Å². The van der Waals surface area contributed by atoms with Crippen LogP contribution in [0.2, 0.25) is 5.02 Å². The van der Waals surface area contributed by atoms with Crippen LogP contribution < -0.4 is 11.5 Å². The maximum atomic E-state index is 12.6. The molecule has 0 heterocycles. The number of anilines is 2.